The van der Waals surface area contributed by atoms with Crippen LogP contribution in [0.15, 0.2) is 78.0 Å². The lowest BCUT2D eigenvalue weighted by atomic mass is 9.93. The van der Waals surface area contributed by atoms with Crippen molar-refractivity contribution in [2.75, 3.05) is 12.4 Å². The molecule has 12 heteroatoms. The molecule has 4 aromatic rings. The molecule has 3 N–H and O–H groups in total. The molecule has 0 aliphatic carbocycles. The van der Waals surface area contributed by atoms with E-state index in [1.54, 1.807) is 30.1 Å². The van der Waals surface area contributed by atoms with Crippen molar-refractivity contribution >= 4 is 21.6 Å². The Hall–Kier alpha value is -4.16. The Morgan fingerprint density at radius 3 is 2.45 bits per heavy atom. The summed E-state index contributed by atoms with van der Waals surface area (Å²) in [5.74, 6) is -0.0760. The highest BCUT2D eigenvalue weighted by molar-refractivity contribution is 7.89. The normalized spacial score (nSPS) is 11.8. The van der Waals surface area contributed by atoms with Crippen LogP contribution in [0.4, 0.5) is 18.9 Å². The first-order valence-corrected chi connectivity index (χ1v) is 12.7. The highest BCUT2D eigenvalue weighted by Crippen LogP contribution is 2.39. The lowest BCUT2D eigenvalue weighted by molar-refractivity contribution is -0.137. The number of sulfonamides is 1. The number of amides is 1. The Bertz CT molecular complexity index is 1610. The summed E-state index contributed by atoms with van der Waals surface area (Å²) in [5.41, 5.74) is 0.493. The van der Waals surface area contributed by atoms with Crippen LogP contribution in [0.5, 0.6) is 5.75 Å². The number of nitrogens with one attached hydrogen (secondary N) is 1. The molecule has 1 aromatic heterocycles. The van der Waals surface area contributed by atoms with Crippen LogP contribution in [0.3, 0.4) is 0 Å². The van der Waals surface area contributed by atoms with Crippen molar-refractivity contribution < 1.29 is 31.1 Å². The van der Waals surface area contributed by atoms with Crippen LogP contribution < -0.4 is 15.2 Å². The molecule has 0 aliphatic rings. The van der Waals surface area contributed by atoms with Crippen LogP contribution in [-0.4, -0.2) is 31.0 Å². The lowest BCUT2D eigenvalue weighted by Gasteiger charge is -2.17. The summed E-state index contributed by atoms with van der Waals surface area (Å²) in [7, 11) is -1.05. The van der Waals surface area contributed by atoms with Gasteiger partial charge < -0.3 is 14.6 Å². The summed E-state index contributed by atoms with van der Waals surface area (Å²) in [5, 5.41) is 7.88. The molecule has 4 rings (SSSR count). The highest BCUT2D eigenvalue weighted by Gasteiger charge is 2.33. The van der Waals surface area contributed by atoms with Crippen molar-refractivity contribution in [3.8, 4) is 16.9 Å². The second kappa shape index (κ2) is 10.3. The van der Waals surface area contributed by atoms with Crippen molar-refractivity contribution in [3.63, 3.8) is 0 Å². The topological polar surface area (TPSA) is 116 Å². The van der Waals surface area contributed by atoms with Crippen molar-refractivity contribution in [1.29, 1.82) is 0 Å². The number of hydrogen-bond donors (Lipinski definition) is 2. The van der Waals surface area contributed by atoms with Gasteiger partial charge in [-0.25, -0.2) is 18.5 Å². The number of ether oxygens (including phenoxy) is 1. The molecule has 0 aliphatic heterocycles. The molecule has 38 heavy (non-hydrogen) atoms. The number of hydrogen-bond acceptors (Lipinski definition) is 5. The van der Waals surface area contributed by atoms with Gasteiger partial charge in [0.05, 0.1) is 12.7 Å². The van der Waals surface area contributed by atoms with E-state index in [9.17, 15) is 26.4 Å². The van der Waals surface area contributed by atoms with E-state index in [0.717, 1.165) is 12.1 Å². The van der Waals surface area contributed by atoms with Gasteiger partial charge in [-0.05, 0) is 53.1 Å². The maximum atomic E-state index is 13.8. The van der Waals surface area contributed by atoms with Gasteiger partial charge in [0.25, 0.3) is 5.91 Å². The zero-order valence-corrected chi connectivity index (χ0v) is 21.1. The average Bonchev–Trinajstić information content (AvgIpc) is 3.26. The number of aromatic nitrogens is 2. The zero-order chi connectivity index (χ0) is 27.7. The third-order valence-electron chi connectivity index (χ3n) is 5.89. The maximum absolute atomic E-state index is 13.8. The molecule has 0 atom stereocenters. The average molecular weight is 545 g/mol. The molecular formula is C26H23F3N4O4S. The van der Waals surface area contributed by atoms with Gasteiger partial charge >= 0.3 is 6.18 Å². The molecule has 0 spiro atoms. The number of alkyl halides is 3. The quantitative estimate of drug-likeness (QED) is 0.353. The molecule has 1 heterocycles. The number of carbonyl (C=O) groups excluding carboxylic acids is 1. The number of carbonyl (C=O) groups is 1. The molecule has 0 radical (unpaired) electrons. The van der Waals surface area contributed by atoms with Gasteiger partial charge in [-0.3, -0.25) is 4.79 Å². The molecule has 0 fully saturated rings. The van der Waals surface area contributed by atoms with Crippen molar-refractivity contribution in [3.05, 3.63) is 95.6 Å². The fourth-order valence-electron chi connectivity index (χ4n) is 4.03. The lowest BCUT2D eigenvalue weighted by Crippen LogP contribution is -2.16. The Morgan fingerprint density at radius 2 is 1.82 bits per heavy atom. The fraction of sp³-hybridized carbons (Fsp3) is 0.154. The zero-order valence-electron chi connectivity index (χ0n) is 20.3. The van der Waals surface area contributed by atoms with Gasteiger partial charge in [-0.1, -0.05) is 24.3 Å². The number of benzene rings is 3. The minimum Gasteiger partial charge on any atom is -0.495 e. The summed E-state index contributed by atoms with van der Waals surface area (Å²) >= 11 is 0. The van der Waals surface area contributed by atoms with Crippen molar-refractivity contribution in [2.45, 2.75) is 17.5 Å². The first-order chi connectivity index (χ1) is 17.9. The number of rotatable bonds is 7. The molecule has 0 bridgehead atoms. The van der Waals surface area contributed by atoms with Gasteiger partial charge in [-0.15, -0.1) is 0 Å². The Kier molecular flexibility index (Phi) is 7.29. The molecule has 3 aromatic carbocycles. The van der Waals surface area contributed by atoms with Crippen LogP contribution in [-0.2, 0) is 29.7 Å². The van der Waals surface area contributed by atoms with Gasteiger partial charge in [0.2, 0.25) is 10.0 Å². The molecular weight excluding hydrogens is 521 g/mol. The molecule has 0 saturated heterocycles. The van der Waals surface area contributed by atoms with E-state index in [1.165, 1.54) is 49.6 Å². The number of aryl methyl sites for hydroxylation is 1. The number of halogens is 3. The van der Waals surface area contributed by atoms with Crippen molar-refractivity contribution in [2.24, 2.45) is 12.2 Å². The largest absolute Gasteiger partial charge is 0.495 e. The fourth-order valence-corrected chi connectivity index (χ4v) is 4.71. The van der Waals surface area contributed by atoms with Gasteiger partial charge in [0.1, 0.15) is 16.5 Å². The molecule has 1 amide bonds. The van der Waals surface area contributed by atoms with Crippen molar-refractivity contribution in [1.82, 2.24) is 9.55 Å². The van der Waals surface area contributed by atoms with Crippen LogP contribution in [0, 0.1) is 0 Å². The first kappa shape index (κ1) is 26.9. The summed E-state index contributed by atoms with van der Waals surface area (Å²) in [4.78, 5) is 17.0. The predicted molar refractivity (Wildman–Crippen MR) is 135 cm³/mol. The third kappa shape index (κ3) is 5.71. The number of nitrogens with zero attached hydrogens (tertiary/aromatic N) is 2. The summed E-state index contributed by atoms with van der Waals surface area (Å²) in [6, 6.07) is 13.6. The van der Waals surface area contributed by atoms with Gasteiger partial charge in [0, 0.05) is 37.1 Å². The highest BCUT2D eigenvalue weighted by atomic mass is 32.2. The predicted octanol–water partition coefficient (Wildman–Crippen LogP) is 4.61. The third-order valence-corrected chi connectivity index (χ3v) is 6.84. The Labute approximate surface area is 216 Å². The Balaban J connectivity index is 1.74. The minimum absolute atomic E-state index is 0.00500. The number of methoxy groups -OCH3 is 1. The van der Waals surface area contributed by atoms with E-state index in [1.807, 2.05) is 0 Å². The van der Waals surface area contributed by atoms with E-state index in [0.29, 0.717) is 22.6 Å². The first-order valence-electron chi connectivity index (χ1n) is 11.2. The molecule has 0 unspecified atom stereocenters. The summed E-state index contributed by atoms with van der Waals surface area (Å²) < 4.78 is 71.6. The number of anilines is 1. The van der Waals surface area contributed by atoms with E-state index in [4.69, 9.17) is 9.88 Å². The number of nitrogens with two attached hydrogens (primary N) is 1. The minimum atomic E-state index is -4.56. The van der Waals surface area contributed by atoms with Crippen LogP contribution >= 0.6 is 0 Å². The summed E-state index contributed by atoms with van der Waals surface area (Å²) in [6.45, 7) is 0. The molecule has 8 nitrogen and oxygen atoms in total. The van der Waals surface area contributed by atoms with Crippen LogP contribution in [0.2, 0.25) is 0 Å². The monoisotopic (exact) mass is 544 g/mol. The molecule has 0 saturated carbocycles. The number of imidazole rings is 1. The van der Waals surface area contributed by atoms with E-state index < -0.39 is 27.7 Å². The van der Waals surface area contributed by atoms with Crippen LogP contribution in [0.1, 0.15) is 27.3 Å². The van der Waals surface area contributed by atoms with E-state index in [2.05, 4.69) is 10.3 Å². The second-order valence-electron chi connectivity index (χ2n) is 8.41. The Morgan fingerprint density at radius 1 is 1.08 bits per heavy atom. The van der Waals surface area contributed by atoms with Gasteiger partial charge in [-0.2, -0.15) is 13.2 Å². The molecule has 198 valence electrons. The standard InChI is InChI=1S/C26H23F3N4O4S/c1-33-12-11-31-24(33)15-17-13-18(8-9-19(17)20-5-3-4-6-21(20)26(27,28)29)32-25(34)16-7-10-23(38(30,35)36)22(14-16)37-2/h3-14H,15H2,1-2H3,(H,32,34)(H2,30,35,36). The van der Waals surface area contributed by atoms with Crippen LogP contribution in [0.25, 0.3) is 11.1 Å². The smallest absolute Gasteiger partial charge is 0.417 e. The summed E-state index contributed by atoms with van der Waals surface area (Å²) in [6.07, 6.45) is -1.05. The van der Waals surface area contributed by atoms with Gasteiger partial charge in [0.15, 0.2) is 0 Å². The maximum Gasteiger partial charge on any atom is 0.417 e. The SMILES string of the molecule is COc1cc(C(=O)Nc2ccc(-c3ccccc3C(F)(F)F)c(Cc3nccn3C)c2)ccc1S(N)(=O)=O. The van der Waals surface area contributed by atoms with E-state index in [-0.39, 0.29) is 28.2 Å². The number of primary sulfonamides is 1. The van der Waals surface area contributed by atoms with E-state index >= 15 is 0 Å². The second-order valence-corrected chi connectivity index (χ2v) is 9.94.